The summed E-state index contributed by atoms with van der Waals surface area (Å²) < 4.78 is 8.33. The van der Waals surface area contributed by atoms with Gasteiger partial charge in [0.05, 0.1) is 40.7 Å². The van der Waals surface area contributed by atoms with Crippen molar-refractivity contribution in [2.75, 3.05) is 0 Å². The maximum Gasteiger partial charge on any atom is 0.116 e. The smallest absolute Gasteiger partial charge is 0.116 e. The van der Waals surface area contributed by atoms with E-state index in [9.17, 15) is 0 Å². The predicted molar refractivity (Wildman–Crippen MR) is 88.4 cm³/mol. The van der Waals surface area contributed by atoms with Gasteiger partial charge in [0.15, 0.2) is 0 Å². The molecule has 5 heteroatoms. The summed E-state index contributed by atoms with van der Waals surface area (Å²) in [6, 6.07) is 8.14. The van der Waals surface area contributed by atoms with E-state index in [4.69, 9.17) is 22.7 Å². The van der Waals surface area contributed by atoms with E-state index < -0.39 is 0 Å². The minimum absolute atomic E-state index is 0.0234. The van der Waals surface area contributed by atoms with Crippen LogP contribution in [0.15, 0.2) is 24.3 Å². The zero-order chi connectivity index (χ0) is 15.0. The number of para-hydroxylation sites is 2. The molecule has 0 aliphatic carbocycles. The average molecular weight is 303 g/mol. The van der Waals surface area contributed by atoms with Crippen LogP contribution in [0.4, 0.5) is 0 Å². The highest BCUT2D eigenvalue weighted by atomic mass is 32.1. The fourth-order valence-electron chi connectivity index (χ4n) is 3.03. The van der Waals surface area contributed by atoms with Crippen molar-refractivity contribution in [3.63, 3.8) is 0 Å². The number of nitrogens with two attached hydrogens (primary N) is 1. The lowest BCUT2D eigenvalue weighted by atomic mass is 10.1. The molecule has 2 aromatic rings. The van der Waals surface area contributed by atoms with E-state index in [2.05, 4.69) is 29.5 Å². The molecule has 0 spiro atoms. The van der Waals surface area contributed by atoms with Crippen LogP contribution >= 0.6 is 12.2 Å². The van der Waals surface area contributed by atoms with Crippen molar-refractivity contribution in [1.82, 2.24) is 9.55 Å². The molecule has 1 unspecified atom stereocenters. The Hall–Kier alpha value is -1.46. The molecule has 0 saturated carbocycles. The first kappa shape index (κ1) is 14.5. The third-order valence-corrected chi connectivity index (χ3v) is 4.15. The van der Waals surface area contributed by atoms with Gasteiger partial charge in [-0.3, -0.25) is 0 Å². The molecule has 1 fully saturated rings. The van der Waals surface area contributed by atoms with E-state index >= 15 is 0 Å². The molecular formula is C16H21N3OS. The maximum atomic E-state index is 6.12. The molecule has 0 amide bonds. The van der Waals surface area contributed by atoms with Crippen molar-refractivity contribution >= 4 is 28.2 Å². The summed E-state index contributed by atoms with van der Waals surface area (Å²) in [4.78, 5) is 5.14. The van der Waals surface area contributed by atoms with Gasteiger partial charge < -0.3 is 15.0 Å². The number of benzene rings is 1. The molecule has 4 nitrogen and oxygen atoms in total. The predicted octanol–water partition coefficient (Wildman–Crippen LogP) is 2.82. The number of hydrogen-bond acceptors (Lipinski definition) is 3. The maximum absolute atomic E-state index is 6.12. The molecule has 1 aliphatic rings. The lowest BCUT2D eigenvalue weighted by molar-refractivity contribution is -0.0215. The molecule has 1 aromatic carbocycles. The fraction of sp³-hybridized carbons (Fsp3) is 0.500. The second kappa shape index (κ2) is 5.39. The monoisotopic (exact) mass is 303 g/mol. The van der Waals surface area contributed by atoms with Gasteiger partial charge in [-0.25, -0.2) is 4.98 Å². The molecule has 0 radical (unpaired) electrons. The van der Waals surface area contributed by atoms with Crippen LogP contribution in [0.3, 0.4) is 0 Å². The van der Waals surface area contributed by atoms with Crippen LogP contribution < -0.4 is 5.73 Å². The Balaban J connectivity index is 1.93. The molecule has 2 heterocycles. The van der Waals surface area contributed by atoms with Crippen molar-refractivity contribution in [3.05, 3.63) is 30.1 Å². The lowest BCUT2D eigenvalue weighted by Gasteiger charge is -2.20. The molecule has 21 heavy (non-hydrogen) atoms. The highest BCUT2D eigenvalue weighted by Gasteiger charge is 2.32. The first-order valence-electron chi connectivity index (χ1n) is 7.35. The fourth-order valence-corrected chi connectivity index (χ4v) is 3.16. The molecule has 0 bridgehead atoms. The quantitative estimate of drug-likeness (QED) is 0.883. The van der Waals surface area contributed by atoms with E-state index in [1.54, 1.807) is 0 Å². The number of rotatable bonds is 4. The molecule has 112 valence electrons. The van der Waals surface area contributed by atoms with Crippen LogP contribution in [0.25, 0.3) is 11.0 Å². The standard InChI is InChI=1S/C16H21N3OS/c1-16(2)8-7-11(20-16)10-19-13-6-4-3-5-12(13)18-15(19)9-14(17)21/h3-6,11H,7-10H2,1-2H3,(H2,17,21). The molecule has 3 rings (SSSR count). The average Bonchev–Trinajstić information content (AvgIpc) is 2.91. The van der Waals surface area contributed by atoms with Gasteiger partial charge in [-0.1, -0.05) is 24.4 Å². The molecule has 1 saturated heterocycles. The van der Waals surface area contributed by atoms with Crippen LogP contribution in [0.2, 0.25) is 0 Å². The minimum atomic E-state index is -0.0234. The van der Waals surface area contributed by atoms with Gasteiger partial charge in [-0.15, -0.1) is 0 Å². The molecular weight excluding hydrogens is 282 g/mol. The zero-order valence-electron chi connectivity index (χ0n) is 12.5. The molecule has 1 atom stereocenters. The van der Waals surface area contributed by atoms with Gasteiger partial charge in [0, 0.05) is 0 Å². The van der Waals surface area contributed by atoms with Crippen LogP contribution in [0, 0.1) is 0 Å². The summed E-state index contributed by atoms with van der Waals surface area (Å²) in [7, 11) is 0. The first-order valence-corrected chi connectivity index (χ1v) is 7.76. The van der Waals surface area contributed by atoms with Gasteiger partial charge in [0.1, 0.15) is 5.82 Å². The van der Waals surface area contributed by atoms with Crippen molar-refractivity contribution in [1.29, 1.82) is 0 Å². The van der Waals surface area contributed by atoms with Crippen LogP contribution in [-0.2, 0) is 17.7 Å². The number of thiocarbonyl (C=S) groups is 1. The van der Waals surface area contributed by atoms with Gasteiger partial charge in [0.2, 0.25) is 0 Å². The molecule has 1 aromatic heterocycles. The van der Waals surface area contributed by atoms with Gasteiger partial charge in [-0.05, 0) is 38.8 Å². The van der Waals surface area contributed by atoms with Gasteiger partial charge in [-0.2, -0.15) is 0 Å². The van der Waals surface area contributed by atoms with E-state index in [-0.39, 0.29) is 11.7 Å². The number of ether oxygens (including phenoxy) is 1. The van der Waals surface area contributed by atoms with E-state index in [0.717, 1.165) is 36.2 Å². The Kier molecular flexibility index (Phi) is 3.71. The van der Waals surface area contributed by atoms with Crippen molar-refractivity contribution in [2.45, 2.75) is 51.4 Å². The second-order valence-electron chi connectivity index (χ2n) is 6.31. The third kappa shape index (κ3) is 3.09. The highest BCUT2D eigenvalue weighted by Crippen LogP contribution is 2.31. The Bertz CT molecular complexity index is 677. The summed E-state index contributed by atoms with van der Waals surface area (Å²) in [6.45, 7) is 5.10. The Morgan fingerprint density at radius 2 is 2.24 bits per heavy atom. The van der Waals surface area contributed by atoms with Crippen molar-refractivity contribution in [3.8, 4) is 0 Å². The summed E-state index contributed by atoms with van der Waals surface area (Å²) in [5.74, 6) is 0.928. The normalized spacial score (nSPS) is 21.0. The van der Waals surface area contributed by atoms with Crippen molar-refractivity contribution < 1.29 is 4.74 Å². The second-order valence-corrected chi connectivity index (χ2v) is 6.83. The third-order valence-electron chi connectivity index (χ3n) is 4.01. The number of imidazole rings is 1. The van der Waals surface area contributed by atoms with Crippen molar-refractivity contribution in [2.24, 2.45) is 5.73 Å². The lowest BCUT2D eigenvalue weighted by Crippen LogP contribution is -2.24. The summed E-state index contributed by atoms with van der Waals surface area (Å²) >= 11 is 5.05. The number of fused-ring (bicyclic) bond motifs is 1. The SMILES string of the molecule is CC1(C)CCC(Cn2c(CC(N)=S)nc3ccccc32)O1. The van der Waals surface area contributed by atoms with Crippen LogP contribution in [-0.4, -0.2) is 26.2 Å². The van der Waals surface area contributed by atoms with E-state index in [0.29, 0.717) is 11.4 Å². The number of nitrogens with zero attached hydrogens (tertiary/aromatic N) is 2. The minimum Gasteiger partial charge on any atom is -0.393 e. The largest absolute Gasteiger partial charge is 0.393 e. The molecule has 2 N–H and O–H groups in total. The van der Waals surface area contributed by atoms with Gasteiger partial charge >= 0.3 is 0 Å². The van der Waals surface area contributed by atoms with Gasteiger partial charge in [0.25, 0.3) is 0 Å². The van der Waals surface area contributed by atoms with E-state index in [1.807, 2.05) is 18.2 Å². The summed E-state index contributed by atoms with van der Waals surface area (Å²) in [5, 5.41) is 0. The first-order chi connectivity index (χ1) is 9.94. The number of aromatic nitrogens is 2. The van der Waals surface area contributed by atoms with E-state index in [1.165, 1.54) is 0 Å². The number of hydrogen-bond donors (Lipinski definition) is 1. The summed E-state index contributed by atoms with van der Waals surface area (Å²) in [5.41, 5.74) is 7.80. The highest BCUT2D eigenvalue weighted by molar-refractivity contribution is 7.80. The molecule has 1 aliphatic heterocycles. The Morgan fingerprint density at radius 1 is 1.48 bits per heavy atom. The summed E-state index contributed by atoms with van der Waals surface area (Å²) in [6.07, 6.45) is 2.92. The zero-order valence-corrected chi connectivity index (χ0v) is 13.3. The van der Waals surface area contributed by atoms with Crippen LogP contribution in [0.5, 0.6) is 0 Å². The Labute approximate surface area is 130 Å². The topological polar surface area (TPSA) is 53.1 Å². The Morgan fingerprint density at radius 3 is 2.90 bits per heavy atom. The van der Waals surface area contributed by atoms with Crippen LogP contribution in [0.1, 0.15) is 32.5 Å².